The molecule has 106 valence electrons. The third-order valence-electron chi connectivity index (χ3n) is 3.33. The molecule has 0 aliphatic carbocycles. The number of H-pyrrole nitrogens is 1. The van der Waals surface area contributed by atoms with E-state index >= 15 is 0 Å². The van der Waals surface area contributed by atoms with Crippen LogP contribution in [-0.2, 0) is 9.47 Å². The molecule has 2 aliphatic rings. The van der Waals surface area contributed by atoms with Gasteiger partial charge in [-0.2, -0.15) is 0 Å². The summed E-state index contributed by atoms with van der Waals surface area (Å²) in [5, 5.41) is 9.21. The highest BCUT2D eigenvalue weighted by Crippen LogP contribution is 2.58. The SMILES string of the molecule is C#CC1(F)[C@H](n2cc(F)c(=S)[nH]c2=S)OC2(CO)O[C@@H]21. The fourth-order valence-electron chi connectivity index (χ4n) is 2.26. The van der Waals surface area contributed by atoms with Crippen LogP contribution in [0.25, 0.3) is 0 Å². The number of aromatic amines is 1. The van der Waals surface area contributed by atoms with Gasteiger partial charge in [0.1, 0.15) is 11.2 Å². The molecule has 2 aliphatic heterocycles. The maximum Gasteiger partial charge on any atom is 0.246 e. The molecule has 2 saturated heterocycles. The summed E-state index contributed by atoms with van der Waals surface area (Å²) in [7, 11) is 0. The van der Waals surface area contributed by atoms with E-state index in [1.165, 1.54) is 0 Å². The lowest BCUT2D eigenvalue weighted by Crippen LogP contribution is -2.36. The van der Waals surface area contributed by atoms with Gasteiger partial charge in [0.05, 0.1) is 0 Å². The Morgan fingerprint density at radius 2 is 2.25 bits per heavy atom. The molecule has 20 heavy (non-hydrogen) atoms. The van der Waals surface area contributed by atoms with Crippen molar-refractivity contribution in [2.75, 3.05) is 6.61 Å². The van der Waals surface area contributed by atoms with Crippen LogP contribution in [0.3, 0.4) is 0 Å². The molecule has 1 aromatic rings. The minimum absolute atomic E-state index is 0.0481. The van der Waals surface area contributed by atoms with Crippen LogP contribution in [0.1, 0.15) is 6.23 Å². The Hall–Kier alpha value is -1.18. The van der Waals surface area contributed by atoms with Crippen LogP contribution < -0.4 is 0 Å². The van der Waals surface area contributed by atoms with Gasteiger partial charge in [-0.1, -0.05) is 18.1 Å². The molecule has 0 saturated carbocycles. The second-order valence-corrected chi connectivity index (χ2v) is 5.29. The molecule has 0 amide bonds. The second kappa shape index (κ2) is 4.16. The standard InChI is InChI=1S/C11H8F2N2O3S2/c1-2-10(13)7-11(4-16,17-7)18-8(10)15-3-5(12)6(19)14-9(15)20/h1,3,7-8,16H,4H2,(H,14,19,20)/t7-,8-,10?,11?/m1/s1. The van der Waals surface area contributed by atoms with Crippen molar-refractivity contribution in [3.05, 3.63) is 21.4 Å². The minimum atomic E-state index is -2.37. The van der Waals surface area contributed by atoms with Crippen molar-refractivity contribution in [2.24, 2.45) is 0 Å². The van der Waals surface area contributed by atoms with Crippen LogP contribution in [0.2, 0.25) is 0 Å². The Labute approximate surface area is 122 Å². The normalized spacial score (nSPS) is 38.3. The maximum atomic E-state index is 14.8. The highest BCUT2D eigenvalue weighted by molar-refractivity contribution is 7.72. The highest BCUT2D eigenvalue weighted by atomic mass is 32.1. The Bertz CT molecular complexity index is 742. The van der Waals surface area contributed by atoms with Crippen molar-refractivity contribution in [1.29, 1.82) is 0 Å². The number of hydrogen-bond donors (Lipinski definition) is 2. The summed E-state index contributed by atoms with van der Waals surface area (Å²) in [5.41, 5.74) is -2.37. The van der Waals surface area contributed by atoms with Crippen molar-refractivity contribution in [2.45, 2.75) is 23.8 Å². The van der Waals surface area contributed by atoms with Gasteiger partial charge >= 0.3 is 0 Å². The first-order valence-electron chi connectivity index (χ1n) is 5.52. The zero-order chi connectivity index (χ0) is 14.7. The number of terminal acetylenes is 1. The first-order chi connectivity index (χ1) is 9.38. The third-order valence-corrected chi connectivity index (χ3v) is 3.94. The van der Waals surface area contributed by atoms with Gasteiger partial charge in [-0.25, -0.2) is 8.78 Å². The molecule has 0 aromatic carbocycles. The molecule has 5 nitrogen and oxygen atoms in total. The molecule has 0 spiro atoms. The van der Waals surface area contributed by atoms with Crippen molar-refractivity contribution in [3.63, 3.8) is 0 Å². The van der Waals surface area contributed by atoms with Crippen LogP contribution in [0.15, 0.2) is 6.20 Å². The average Bonchev–Trinajstić information content (AvgIpc) is 3.10. The lowest BCUT2D eigenvalue weighted by atomic mass is 10.0. The average molecular weight is 318 g/mol. The number of halogens is 2. The zero-order valence-electron chi connectivity index (χ0n) is 9.80. The van der Waals surface area contributed by atoms with E-state index in [0.717, 1.165) is 10.8 Å². The summed E-state index contributed by atoms with van der Waals surface area (Å²) < 4.78 is 39.4. The van der Waals surface area contributed by atoms with Crippen molar-refractivity contribution in [3.8, 4) is 12.3 Å². The van der Waals surface area contributed by atoms with Gasteiger partial charge < -0.3 is 19.6 Å². The second-order valence-electron chi connectivity index (χ2n) is 4.49. The van der Waals surface area contributed by atoms with Crippen molar-refractivity contribution >= 4 is 24.4 Å². The third kappa shape index (κ3) is 1.63. The Morgan fingerprint density at radius 3 is 2.85 bits per heavy atom. The van der Waals surface area contributed by atoms with E-state index < -0.39 is 36.2 Å². The van der Waals surface area contributed by atoms with E-state index in [4.69, 9.17) is 28.1 Å². The minimum Gasteiger partial charge on any atom is -0.391 e. The number of fused-ring (bicyclic) bond motifs is 1. The molecular weight excluding hydrogens is 310 g/mol. The summed E-state index contributed by atoms with van der Waals surface area (Å²) in [6, 6.07) is 0. The van der Waals surface area contributed by atoms with Crippen LogP contribution in [0.5, 0.6) is 0 Å². The number of hydrogen-bond acceptors (Lipinski definition) is 5. The number of epoxide rings is 1. The van der Waals surface area contributed by atoms with E-state index in [9.17, 15) is 13.9 Å². The smallest absolute Gasteiger partial charge is 0.246 e. The molecular formula is C11H8F2N2O3S2. The summed E-state index contributed by atoms with van der Waals surface area (Å²) in [6.45, 7) is -0.569. The number of aliphatic hydroxyl groups excluding tert-OH is 1. The number of nitrogens with zero attached hydrogens (tertiary/aromatic N) is 1. The number of ether oxygens (including phenoxy) is 2. The fourth-order valence-corrected chi connectivity index (χ4v) is 2.73. The molecule has 3 rings (SSSR count). The number of aromatic nitrogens is 2. The fraction of sp³-hybridized carbons (Fsp3) is 0.455. The molecule has 1 aromatic heterocycles. The van der Waals surface area contributed by atoms with Gasteiger partial charge in [0.25, 0.3) is 0 Å². The molecule has 2 unspecified atom stereocenters. The Balaban J connectivity index is 2.12. The monoisotopic (exact) mass is 318 g/mol. The van der Waals surface area contributed by atoms with Gasteiger partial charge in [-0.05, 0) is 12.2 Å². The molecule has 9 heteroatoms. The lowest BCUT2D eigenvalue weighted by molar-refractivity contribution is -0.165. The summed E-state index contributed by atoms with van der Waals surface area (Å²) in [5.74, 6) is -0.348. The number of nitrogens with one attached hydrogen (secondary N) is 1. The first kappa shape index (κ1) is 13.8. The molecule has 2 fully saturated rings. The first-order valence-corrected chi connectivity index (χ1v) is 6.34. The van der Waals surface area contributed by atoms with Crippen molar-refractivity contribution < 1.29 is 23.4 Å². The summed E-state index contributed by atoms with van der Waals surface area (Å²) in [6.07, 6.45) is 3.58. The van der Waals surface area contributed by atoms with Gasteiger partial charge in [0.2, 0.25) is 11.5 Å². The van der Waals surface area contributed by atoms with E-state index in [-0.39, 0.29) is 9.41 Å². The summed E-state index contributed by atoms with van der Waals surface area (Å²) >= 11 is 9.65. The topological polar surface area (TPSA) is 62.7 Å². The number of alkyl halides is 1. The summed E-state index contributed by atoms with van der Waals surface area (Å²) in [4.78, 5) is 2.41. The zero-order valence-corrected chi connectivity index (χ0v) is 11.4. The molecule has 3 heterocycles. The van der Waals surface area contributed by atoms with Crippen LogP contribution in [0, 0.1) is 27.6 Å². The number of rotatable bonds is 2. The van der Waals surface area contributed by atoms with Crippen molar-refractivity contribution in [1.82, 2.24) is 9.55 Å². The van der Waals surface area contributed by atoms with E-state index in [1.807, 2.05) is 5.92 Å². The van der Waals surface area contributed by atoms with E-state index in [2.05, 4.69) is 17.2 Å². The Kier molecular flexibility index (Phi) is 2.87. The van der Waals surface area contributed by atoms with Gasteiger partial charge in [-0.15, -0.1) is 6.42 Å². The number of aliphatic hydroxyl groups is 1. The van der Waals surface area contributed by atoms with Crippen LogP contribution in [-0.4, -0.2) is 38.8 Å². The van der Waals surface area contributed by atoms with Crippen LogP contribution >= 0.6 is 24.4 Å². The van der Waals surface area contributed by atoms with Crippen LogP contribution in [0.4, 0.5) is 8.78 Å². The molecule has 0 radical (unpaired) electrons. The van der Waals surface area contributed by atoms with E-state index in [1.54, 1.807) is 0 Å². The Morgan fingerprint density at radius 1 is 1.55 bits per heavy atom. The van der Waals surface area contributed by atoms with Gasteiger partial charge in [0.15, 0.2) is 22.9 Å². The molecule has 0 bridgehead atoms. The van der Waals surface area contributed by atoms with Gasteiger partial charge in [0, 0.05) is 6.20 Å². The highest BCUT2D eigenvalue weighted by Gasteiger charge is 2.78. The quantitative estimate of drug-likeness (QED) is 0.490. The largest absolute Gasteiger partial charge is 0.391 e. The maximum absolute atomic E-state index is 14.8. The molecule has 4 atom stereocenters. The lowest BCUT2D eigenvalue weighted by Gasteiger charge is -2.26. The predicted octanol–water partition coefficient (Wildman–Crippen LogP) is 1.37. The van der Waals surface area contributed by atoms with Gasteiger partial charge in [-0.3, -0.25) is 4.57 Å². The molecule has 2 N–H and O–H groups in total. The van der Waals surface area contributed by atoms with E-state index in [0.29, 0.717) is 0 Å². The predicted molar refractivity (Wildman–Crippen MR) is 67.9 cm³/mol.